The summed E-state index contributed by atoms with van der Waals surface area (Å²) in [6.45, 7) is 7.27. The van der Waals surface area contributed by atoms with Crippen molar-refractivity contribution in [1.29, 1.82) is 0 Å². The van der Waals surface area contributed by atoms with Crippen molar-refractivity contribution in [3.63, 3.8) is 0 Å². The standard InChI is InChI=1S/C19H23N5/c1-4-12-24-15(3)17(13-21-24)18-10-11-20-19(23-18)22-14(2)16-8-6-5-7-9-16/h5-11,13-14H,4,12H2,1-3H3,(H,20,22,23)/t14-/m0/s1. The number of anilines is 1. The molecule has 0 spiro atoms. The summed E-state index contributed by atoms with van der Waals surface area (Å²) in [4.78, 5) is 9.02. The van der Waals surface area contributed by atoms with Gasteiger partial charge in [0.1, 0.15) is 0 Å². The number of nitrogens with one attached hydrogen (secondary N) is 1. The number of aromatic nitrogens is 4. The fraction of sp³-hybridized carbons (Fsp3) is 0.316. The van der Waals surface area contributed by atoms with Crippen LogP contribution in [0.15, 0.2) is 48.8 Å². The van der Waals surface area contributed by atoms with Crippen LogP contribution in [-0.4, -0.2) is 19.7 Å². The maximum Gasteiger partial charge on any atom is 0.223 e. The Hall–Kier alpha value is -2.69. The molecule has 0 amide bonds. The van der Waals surface area contributed by atoms with Gasteiger partial charge in [-0.1, -0.05) is 37.3 Å². The minimum atomic E-state index is 0.144. The second kappa shape index (κ2) is 7.25. The zero-order valence-electron chi connectivity index (χ0n) is 14.4. The van der Waals surface area contributed by atoms with E-state index < -0.39 is 0 Å². The molecule has 2 heterocycles. The first-order valence-electron chi connectivity index (χ1n) is 8.36. The highest BCUT2D eigenvalue weighted by Crippen LogP contribution is 2.23. The van der Waals surface area contributed by atoms with E-state index in [9.17, 15) is 0 Å². The number of benzene rings is 1. The van der Waals surface area contributed by atoms with E-state index in [1.54, 1.807) is 6.20 Å². The number of hydrogen-bond donors (Lipinski definition) is 1. The summed E-state index contributed by atoms with van der Waals surface area (Å²) in [5, 5.41) is 7.83. The first-order chi connectivity index (χ1) is 11.7. The third-order valence-electron chi connectivity index (χ3n) is 4.12. The molecule has 0 bridgehead atoms. The van der Waals surface area contributed by atoms with Gasteiger partial charge in [-0.3, -0.25) is 4.68 Å². The Morgan fingerprint density at radius 2 is 1.96 bits per heavy atom. The zero-order valence-corrected chi connectivity index (χ0v) is 14.4. The summed E-state index contributed by atoms with van der Waals surface area (Å²) in [6.07, 6.45) is 4.74. The van der Waals surface area contributed by atoms with Crippen molar-refractivity contribution in [1.82, 2.24) is 19.7 Å². The monoisotopic (exact) mass is 321 g/mol. The van der Waals surface area contributed by atoms with E-state index in [-0.39, 0.29) is 6.04 Å². The highest BCUT2D eigenvalue weighted by molar-refractivity contribution is 5.61. The molecule has 2 aromatic heterocycles. The minimum Gasteiger partial charge on any atom is -0.348 e. The maximum atomic E-state index is 4.67. The van der Waals surface area contributed by atoms with Gasteiger partial charge in [-0.25, -0.2) is 9.97 Å². The third kappa shape index (κ3) is 3.45. The van der Waals surface area contributed by atoms with E-state index in [2.05, 4.69) is 53.3 Å². The lowest BCUT2D eigenvalue weighted by Crippen LogP contribution is -2.09. The summed E-state index contributed by atoms with van der Waals surface area (Å²) in [5.74, 6) is 0.631. The van der Waals surface area contributed by atoms with Crippen LogP contribution in [-0.2, 0) is 6.54 Å². The number of rotatable bonds is 6. The molecule has 0 saturated heterocycles. The quantitative estimate of drug-likeness (QED) is 0.738. The molecule has 5 nitrogen and oxygen atoms in total. The second-order valence-electron chi connectivity index (χ2n) is 5.91. The molecule has 0 unspecified atom stereocenters. The van der Waals surface area contributed by atoms with Crippen LogP contribution in [0.4, 0.5) is 5.95 Å². The van der Waals surface area contributed by atoms with Crippen LogP contribution in [0.2, 0.25) is 0 Å². The van der Waals surface area contributed by atoms with Crippen molar-refractivity contribution in [3.05, 3.63) is 60.0 Å². The van der Waals surface area contributed by atoms with E-state index in [4.69, 9.17) is 0 Å². The zero-order chi connectivity index (χ0) is 16.9. The minimum absolute atomic E-state index is 0.144. The Balaban J connectivity index is 1.82. The lowest BCUT2D eigenvalue weighted by atomic mass is 10.1. The van der Waals surface area contributed by atoms with Gasteiger partial charge in [-0.15, -0.1) is 0 Å². The first-order valence-corrected chi connectivity index (χ1v) is 8.36. The van der Waals surface area contributed by atoms with Crippen molar-refractivity contribution in [2.75, 3.05) is 5.32 Å². The number of nitrogens with zero attached hydrogens (tertiary/aromatic N) is 4. The molecule has 0 radical (unpaired) electrons. The van der Waals surface area contributed by atoms with Crippen molar-refractivity contribution < 1.29 is 0 Å². The lowest BCUT2D eigenvalue weighted by molar-refractivity contribution is 0.587. The predicted molar refractivity (Wildman–Crippen MR) is 96.8 cm³/mol. The predicted octanol–water partition coefficient (Wildman–Crippen LogP) is 4.23. The summed E-state index contributed by atoms with van der Waals surface area (Å²) in [7, 11) is 0. The van der Waals surface area contributed by atoms with E-state index in [1.807, 2.05) is 35.1 Å². The second-order valence-corrected chi connectivity index (χ2v) is 5.91. The van der Waals surface area contributed by atoms with Crippen LogP contribution in [0, 0.1) is 6.92 Å². The van der Waals surface area contributed by atoms with Crippen molar-refractivity contribution in [2.45, 2.75) is 39.8 Å². The summed E-state index contributed by atoms with van der Waals surface area (Å²) in [6, 6.07) is 12.4. The van der Waals surface area contributed by atoms with Gasteiger partial charge in [-0.05, 0) is 31.9 Å². The van der Waals surface area contributed by atoms with Crippen LogP contribution < -0.4 is 5.32 Å². The van der Waals surface area contributed by atoms with Crippen LogP contribution >= 0.6 is 0 Å². The van der Waals surface area contributed by atoms with Gasteiger partial charge in [0.05, 0.1) is 17.9 Å². The number of aryl methyl sites for hydroxylation is 1. The molecule has 1 atom stereocenters. The molecule has 24 heavy (non-hydrogen) atoms. The van der Waals surface area contributed by atoms with Crippen LogP contribution in [0.25, 0.3) is 11.3 Å². The Kier molecular flexibility index (Phi) is 4.89. The molecule has 1 N–H and O–H groups in total. The average Bonchev–Trinajstić information content (AvgIpc) is 2.97. The molecule has 3 rings (SSSR count). The topological polar surface area (TPSA) is 55.6 Å². The summed E-state index contributed by atoms with van der Waals surface area (Å²) < 4.78 is 2.02. The molecule has 0 aliphatic heterocycles. The molecule has 3 aromatic rings. The molecule has 1 aromatic carbocycles. The van der Waals surface area contributed by atoms with Gasteiger partial charge in [0.15, 0.2) is 0 Å². The molecule has 5 heteroatoms. The molecule has 0 saturated carbocycles. The first kappa shape index (κ1) is 16.2. The fourth-order valence-electron chi connectivity index (χ4n) is 2.73. The lowest BCUT2D eigenvalue weighted by Gasteiger charge is -2.14. The SMILES string of the molecule is CCCn1ncc(-c2ccnc(N[C@@H](C)c3ccccc3)n2)c1C. The molecule has 0 fully saturated rings. The molecule has 0 aliphatic rings. The largest absolute Gasteiger partial charge is 0.348 e. The summed E-state index contributed by atoms with van der Waals surface area (Å²) >= 11 is 0. The van der Waals surface area contributed by atoms with Gasteiger partial charge < -0.3 is 5.32 Å². The van der Waals surface area contributed by atoms with E-state index >= 15 is 0 Å². The van der Waals surface area contributed by atoms with Gasteiger partial charge >= 0.3 is 0 Å². The average molecular weight is 321 g/mol. The molecular weight excluding hydrogens is 298 g/mol. The molecule has 124 valence electrons. The third-order valence-corrected chi connectivity index (χ3v) is 4.12. The maximum absolute atomic E-state index is 4.67. The highest BCUT2D eigenvalue weighted by atomic mass is 15.3. The van der Waals surface area contributed by atoms with Gasteiger partial charge in [0.25, 0.3) is 0 Å². The normalized spacial score (nSPS) is 12.1. The Bertz CT molecular complexity index is 795. The fourth-order valence-corrected chi connectivity index (χ4v) is 2.73. The van der Waals surface area contributed by atoms with Crippen molar-refractivity contribution in [2.24, 2.45) is 0 Å². The smallest absolute Gasteiger partial charge is 0.223 e. The molecule has 0 aliphatic carbocycles. The number of hydrogen-bond acceptors (Lipinski definition) is 4. The highest BCUT2D eigenvalue weighted by Gasteiger charge is 2.12. The van der Waals surface area contributed by atoms with Crippen molar-refractivity contribution in [3.8, 4) is 11.3 Å². The van der Waals surface area contributed by atoms with Crippen LogP contribution in [0.3, 0.4) is 0 Å². The Morgan fingerprint density at radius 3 is 2.71 bits per heavy atom. The van der Waals surface area contributed by atoms with Crippen LogP contribution in [0.5, 0.6) is 0 Å². The van der Waals surface area contributed by atoms with Gasteiger partial charge in [0.2, 0.25) is 5.95 Å². The molecular formula is C19H23N5. The van der Waals surface area contributed by atoms with Gasteiger partial charge in [-0.2, -0.15) is 5.10 Å². The van der Waals surface area contributed by atoms with E-state index in [1.165, 1.54) is 5.56 Å². The Labute approximate surface area is 142 Å². The summed E-state index contributed by atoms with van der Waals surface area (Å²) in [5.41, 5.74) is 4.30. The van der Waals surface area contributed by atoms with E-state index in [0.717, 1.165) is 29.9 Å². The van der Waals surface area contributed by atoms with E-state index in [0.29, 0.717) is 5.95 Å². The van der Waals surface area contributed by atoms with Crippen molar-refractivity contribution >= 4 is 5.95 Å². The van der Waals surface area contributed by atoms with Crippen LogP contribution in [0.1, 0.15) is 37.6 Å². The Morgan fingerprint density at radius 1 is 1.17 bits per heavy atom. The van der Waals surface area contributed by atoms with Gasteiger partial charge in [0, 0.05) is 24.0 Å².